The van der Waals surface area contributed by atoms with Crippen LogP contribution in [-0.2, 0) is 4.74 Å². The summed E-state index contributed by atoms with van der Waals surface area (Å²) >= 11 is 6.60. The van der Waals surface area contributed by atoms with Crippen LogP contribution in [0.1, 0.15) is 67.4 Å². The van der Waals surface area contributed by atoms with E-state index in [0.29, 0.717) is 34.9 Å². The maximum Gasteiger partial charge on any atom is 0.507 e. The van der Waals surface area contributed by atoms with Crippen LogP contribution in [0.25, 0.3) is 22.4 Å². The van der Waals surface area contributed by atoms with E-state index in [2.05, 4.69) is 23.2 Å². The summed E-state index contributed by atoms with van der Waals surface area (Å²) in [5, 5.41) is 13.4. The summed E-state index contributed by atoms with van der Waals surface area (Å²) < 4.78 is 11.8. The fourth-order valence-corrected chi connectivity index (χ4v) is 8.97. The molecule has 2 heterocycles. The Balaban J connectivity index is 0.00000386. The number of carbonyl (C=O) groups is 2. The third-order valence-electron chi connectivity index (χ3n) is 10.8. The quantitative estimate of drug-likeness (QED) is 0.126. The first kappa shape index (κ1) is 33.6. The average Bonchev–Trinajstić information content (AvgIpc) is 3.56. The molecule has 3 aromatic rings. The number of halogens is 2. The van der Waals surface area contributed by atoms with Crippen LogP contribution in [0.3, 0.4) is 0 Å². The fraction of sp³-hybridized carbons (Fsp3) is 0.486. The third-order valence-corrected chi connectivity index (χ3v) is 11.1. The van der Waals surface area contributed by atoms with Gasteiger partial charge in [-0.2, -0.15) is 0 Å². The number of pyridine rings is 1. The predicted molar refractivity (Wildman–Crippen MR) is 184 cm³/mol. The monoisotopic (exact) mass is 679 g/mol. The van der Waals surface area contributed by atoms with Gasteiger partial charge in [-0.1, -0.05) is 41.9 Å². The summed E-state index contributed by atoms with van der Waals surface area (Å²) in [6.45, 7) is 5.91. The number of nitrogens with one attached hydrogen (secondary N) is 1. The second-order valence-corrected chi connectivity index (χ2v) is 14.1. The highest BCUT2D eigenvalue weighted by molar-refractivity contribution is 6.32. The number of carbonyl (C=O) groups excluding carboxylic acids is 1. The SMILES string of the molecule is Cc1ccccc1-c1ccc(C(=O)NC2(OC(=O)O)C3CC4CC(C3)CC2C4)nc1-c1ccc(Cl)c(OCCCN2CCCC2)c1.Cl. The van der Waals surface area contributed by atoms with Gasteiger partial charge >= 0.3 is 6.16 Å². The predicted octanol–water partition coefficient (Wildman–Crippen LogP) is 8.24. The summed E-state index contributed by atoms with van der Waals surface area (Å²) in [6.07, 6.45) is 6.76. The van der Waals surface area contributed by atoms with Gasteiger partial charge in [-0.15, -0.1) is 12.4 Å². The molecule has 0 atom stereocenters. The topological polar surface area (TPSA) is 101 Å². The van der Waals surface area contributed by atoms with Crippen molar-refractivity contribution in [1.29, 1.82) is 0 Å². The number of hydrogen-bond donors (Lipinski definition) is 2. The zero-order valence-corrected chi connectivity index (χ0v) is 28.3. The van der Waals surface area contributed by atoms with Crippen molar-refractivity contribution in [2.24, 2.45) is 23.7 Å². The van der Waals surface area contributed by atoms with Gasteiger partial charge < -0.3 is 24.8 Å². The lowest BCUT2D eigenvalue weighted by Crippen LogP contribution is -2.68. The maximum absolute atomic E-state index is 14.0. The molecule has 1 saturated heterocycles. The highest BCUT2D eigenvalue weighted by Gasteiger charge is 2.60. The minimum atomic E-state index is -1.36. The molecule has 4 aliphatic carbocycles. The van der Waals surface area contributed by atoms with Crippen LogP contribution in [0.4, 0.5) is 4.79 Å². The Morgan fingerprint density at radius 3 is 2.36 bits per heavy atom. The molecule has 5 aliphatic rings. The molecular weight excluding hydrogens is 637 g/mol. The van der Waals surface area contributed by atoms with Gasteiger partial charge in [0.25, 0.3) is 5.91 Å². The molecule has 1 aromatic heterocycles. The number of likely N-dealkylation sites (tertiary alicyclic amines) is 1. The largest absolute Gasteiger partial charge is 0.507 e. The second kappa shape index (κ2) is 14.0. The lowest BCUT2D eigenvalue weighted by atomic mass is 9.52. The van der Waals surface area contributed by atoms with E-state index >= 15 is 0 Å². The Bertz CT molecular complexity index is 1600. The molecule has 2 aromatic carbocycles. The van der Waals surface area contributed by atoms with Gasteiger partial charge in [0.2, 0.25) is 0 Å². The van der Waals surface area contributed by atoms with E-state index < -0.39 is 17.8 Å². The molecule has 4 bridgehead atoms. The lowest BCUT2D eigenvalue weighted by molar-refractivity contribution is -0.191. The van der Waals surface area contributed by atoms with Crippen LogP contribution in [-0.4, -0.2) is 59.0 Å². The van der Waals surface area contributed by atoms with Gasteiger partial charge in [-0.05, 0) is 119 Å². The standard InChI is InChI=1S/C37H42ClN3O5.ClH/c1-23-7-2-3-8-29(23)30-10-12-32(35(42)40-37(46-36(43)44)27-18-24-17-25(20-27)21-28(37)19-24)39-34(30)26-9-11-31(38)33(22-26)45-16-6-15-41-13-4-5-14-41;/h2-3,7-12,22,24-25,27-28H,4-6,13-21H2,1H3,(H,40,42)(H,43,44);1H. The molecule has 1 aliphatic heterocycles. The van der Waals surface area contributed by atoms with E-state index in [1.165, 1.54) is 19.3 Å². The molecule has 0 radical (unpaired) electrons. The Hall–Kier alpha value is -3.33. The van der Waals surface area contributed by atoms with Crippen molar-refractivity contribution < 1.29 is 24.2 Å². The zero-order chi connectivity index (χ0) is 31.8. The minimum Gasteiger partial charge on any atom is -0.492 e. The summed E-state index contributed by atoms with van der Waals surface area (Å²) in [5.41, 5.74) is 3.34. The number of benzene rings is 2. The van der Waals surface area contributed by atoms with Crippen LogP contribution in [0, 0.1) is 30.6 Å². The number of aryl methyl sites for hydroxylation is 1. The highest BCUT2D eigenvalue weighted by Crippen LogP contribution is 2.58. The first-order valence-corrected chi connectivity index (χ1v) is 17.1. The van der Waals surface area contributed by atoms with Gasteiger partial charge in [0.05, 0.1) is 17.3 Å². The fourth-order valence-electron chi connectivity index (χ4n) is 8.80. The van der Waals surface area contributed by atoms with E-state index in [4.69, 9.17) is 26.1 Å². The van der Waals surface area contributed by atoms with Crippen molar-refractivity contribution in [3.05, 3.63) is 70.9 Å². The first-order chi connectivity index (χ1) is 22.3. The zero-order valence-electron chi connectivity index (χ0n) is 26.8. The van der Waals surface area contributed by atoms with E-state index in [-0.39, 0.29) is 29.9 Å². The molecule has 4 saturated carbocycles. The van der Waals surface area contributed by atoms with Gasteiger partial charge in [-0.3, -0.25) is 4.79 Å². The molecule has 10 heteroatoms. The number of nitrogens with zero attached hydrogens (tertiary/aromatic N) is 2. The number of carboxylic acid groups (broad SMARTS) is 1. The normalized spacial score (nSPS) is 26.1. The molecule has 5 fully saturated rings. The lowest BCUT2D eigenvalue weighted by Gasteiger charge is -2.59. The van der Waals surface area contributed by atoms with Gasteiger partial charge in [-0.25, -0.2) is 9.78 Å². The molecule has 250 valence electrons. The average molecular weight is 681 g/mol. The van der Waals surface area contributed by atoms with Crippen molar-refractivity contribution in [2.45, 2.75) is 64.0 Å². The summed E-state index contributed by atoms with van der Waals surface area (Å²) in [7, 11) is 0. The van der Waals surface area contributed by atoms with Crippen molar-refractivity contribution in [2.75, 3.05) is 26.2 Å². The summed E-state index contributed by atoms with van der Waals surface area (Å²) in [6, 6.07) is 17.3. The maximum atomic E-state index is 14.0. The number of amides is 1. The molecule has 8 rings (SSSR count). The molecule has 47 heavy (non-hydrogen) atoms. The van der Waals surface area contributed by atoms with Crippen LogP contribution < -0.4 is 10.1 Å². The van der Waals surface area contributed by atoms with Crippen LogP contribution in [0.2, 0.25) is 5.02 Å². The molecule has 0 unspecified atom stereocenters. The third kappa shape index (κ3) is 6.83. The minimum absolute atomic E-state index is 0. The Morgan fingerprint density at radius 1 is 0.979 bits per heavy atom. The number of hydrogen-bond acceptors (Lipinski definition) is 6. The smallest absolute Gasteiger partial charge is 0.492 e. The van der Waals surface area contributed by atoms with Gasteiger partial charge in [0.15, 0.2) is 5.72 Å². The van der Waals surface area contributed by atoms with Crippen molar-refractivity contribution >= 4 is 36.1 Å². The molecule has 0 spiro atoms. The summed E-state index contributed by atoms with van der Waals surface area (Å²) in [4.78, 5) is 33.4. The highest BCUT2D eigenvalue weighted by atomic mass is 35.5. The number of aromatic nitrogens is 1. The molecular formula is C37H43Cl2N3O5. The van der Waals surface area contributed by atoms with E-state index in [1.54, 1.807) is 6.07 Å². The van der Waals surface area contributed by atoms with Crippen LogP contribution in [0.5, 0.6) is 5.75 Å². The van der Waals surface area contributed by atoms with Crippen molar-refractivity contribution in [3.63, 3.8) is 0 Å². The van der Waals surface area contributed by atoms with Gasteiger partial charge in [0.1, 0.15) is 11.4 Å². The first-order valence-electron chi connectivity index (χ1n) is 16.8. The molecule has 2 N–H and O–H groups in total. The molecule has 8 nitrogen and oxygen atoms in total. The van der Waals surface area contributed by atoms with E-state index in [1.807, 2.05) is 42.5 Å². The van der Waals surface area contributed by atoms with Crippen LogP contribution in [0.15, 0.2) is 54.6 Å². The molecule has 1 amide bonds. The van der Waals surface area contributed by atoms with E-state index in [9.17, 15) is 14.7 Å². The Labute approximate surface area is 287 Å². The Kier molecular flexibility index (Phi) is 10.0. The van der Waals surface area contributed by atoms with Crippen molar-refractivity contribution in [1.82, 2.24) is 15.2 Å². The van der Waals surface area contributed by atoms with Crippen LogP contribution >= 0.6 is 24.0 Å². The summed E-state index contributed by atoms with van der Waals surface area (Å²) in [5.74, 6) is 1.23. The van der Waals surface area contributed by atoms with Gasteiger partial charge in [0, 0.05) is 29.5 Å². The van der Waals surface area contributed by atoms with E-state index in [0.717, 1.165) is 74.0 Å². The Morgan fingerprint density at radius 2 is 1.68 bits per heavy atom. The van der Waals surface area contributed by atoms with Crippen molar-refractivity contribution in [3.8, 4) is 28.1 Å². The second-order valence-electron chi connectivity index (χ2n) is 13.7. The number of ether oxygens (including phenoxy) is 2. The number of rotatable bonds is 10.